The van der Waals surface area contributed by atoms with Crippen molar-refractivity contribution in [1.82, 2.24) is 29.9 Å². The van der Waals surface area contributed by atoms with Crippen LogP contribution < -0.4 is 45.3 Å². The number of benzene rings is 8. The number of hydrogen-bond acceptors (Lipinski definition) is 19. The van der Waals surface area contributed by atoms with Gasteiger partial charge in [-0.1, -0.05) is 97.1 Å². The van der Waals surface area contributed by atoms with Gasteiger partial charge < -0.3 is 65.4 Å². The van der Waals surface area contributed by atoms with Crippen molar-refractivity contribution >= 4 is 109 Å². The van der Waals surface area contributed by atoms with E-state index in [4.69, 9.17) is 14.7 Å². The minimum atomic E-state index is -4.47. The van der Waals surface area contributed by atoms with E-state index in [1.807, 2.05) is 190 Å². The Labute approximate surface area is 640 Å². The number of hydrogen-bond donors (Lipinski definition) is 6. The summed E-state index contributed by atoms with van der Waals surface area (Å²) >= 11 is 0. The highest BCUT2D eigenvalue weighted by molar-refractivity contribution is 6.08. The number of carbonyl (C=O) groups is 6. The number of carboxylic acids is 3. The van der Waals surface area contributed by atoms with E-state index in [-0.39, 0.29) is 36.6 Å². The average molecular weight is 1510 g/mol. The second-order valence-corrected chi connectivity index (χ2v) is 27.3. The monoisotopic (exact) mass is 1510 g/mol. The number of halogens is 3. The fourth-order valence-corrected chi connectivity index (χ4v) is 12.3. The maximum Gasteiger partial charge on any atom is 0.416 e. The molecular formula is C83H86F3N15O10. The van der Waals surface area contributed by atoms with Crippen LogP contribution in [-0.2, 0) is 63.8 Å². The van der Waals surface area contributed by atoms with Crippen LogP contribution in [0.4, 0.5) is 65.1 Å². The first-order valence-corrected chi connectivity index (χ1v) is 35.3. The molecule has 1 aliphatic rings. The summed E-state index contributed by atoms with van der Waals surface area (Å²) in [7, 11) is 18.2. The second kappa shape index (κ2) is 36.2. The lowest BCUT2D eigenvalue weighted by Gasteiger charge is -2.31. The largest absolute Gasteiger partial charge is 0.481 e. The number of ether oxygens (including phenoxy) is 1. The third-order valence-corrected chi connectivity index (χ3v) is 17.7. The third-order valence-electron chi connectivity index (χ3n) is 17.7. The van der Waals surface area contributed by atoms with Gasteiger partial charge in [-0.25, -0.2) is 29.9 Å². The predicted molar refractivity (Wildman–Crippen MR) is 426 cm³/mol. The maximum atomic E-state index is 12.8. The molecule has 1 fully saturated rings. The van der Waals surface area contributed by atoms with Crippen LogP contribution in [0.1, 0.15) is 87.5 Å². The molecule has 0 spiro atoms. The minimum Gasteiger partial charge on any atom is -0.481 e. The minimum absolute atomic E-state index is 0.106. The number of fused-ring (bicyclic) bond motifs is 2. The van der Waals surface area contributed by atoms with E-state index in [2.05, 4.69) is 40.8 Å². The van der Waals surface area contributed by atoms with Crippen LogP contribution >= 0.6 is 0 Å². The molecular weight excluding hydrogens is 1420 g/mol. The van der Waals surface area contributed by atoms with Gasteiger partial charge in [-0.2, -0.15) is 13.2 Å². The molecule has 0 atom stereocenters. The molecule has 111 heavy (non-hydrogen) atoms. The van der Waals surface area contributed by atoms with Crippen molar-refractivity contribution < 1.29 is 62.0 Å². The molecule has 0 unspecified atom stereocenters. The van der Waals surface area contributed by atoms with Crippen LogP contribution in [0.25, 0.3) is 21.5 Å². The van der Waals surface area contributed by atoms with Crippen LogP contribution in [0.5, 0.6) is 0 Å². The van der Waals surface area contributed by atoms with Crippen molar-refractivity contribution in [3.05, 3.63) is 255 Å². The molecule has 28 heteroatoms. The second-order valence-electron chi connectivity index (χ2n) is 27.3. The Morgan fingerprint density at radius 3 is 1.01 bits per heavy atom. The molecule has 0 radical (unpaired) electrons. The summed E-state index contributed by atoms with van der Waals surface area (Å²) in [5.41, 5.74) is 6.83. The quantitative estimate of drug-likeness (QED) is 0.0327. The number of morpholine rings is 1. The summed E-state index contributed by atoms with van der Waals surface area (Å²) in [6, 6.07) is 53.2. The van der Waals surface area contributed by atoms with E-state index < -0.39 is 35.6 Å². The van der Waals surface area contributed by atoms with E-state index in [9.17, 15) is 57.3 Å². The maximum absolute atomic E-state index is 12.8. The van der Waals surface area contributed by atoms with Gasteiger partial charge in [-0.15, -0.1) is 0 Å². The number of aromatic nitrogens is 6. The molecule has 0 saturated carbocycles. The molecule has 0 bridgehead atoms. The highest BCUT2D eigenvalue weighted by atomic mass is 19.4. The fraction of sp³-hybridized carbons (Fsp3) is 0.253. The Hall–Kier alpha value is -13.1. The average Bonchev–Trinajstić information content (AvgIpc) is 0.804. The number of nitrogens with zero attached hydrogens (tertiary/aromatic N) is 12. The van der Waals surface area contributed by atoms with Gasteiger partial charge in [0.15, 0.2) is 0 Å². The summed E-state index contributed by atoms with van der Waals surface area (Å²) in [5, 5.41) is 41.0. The topological polar surface area (TPSA) is 305 Å². The Morgan fingerprint density at radius 2 is 0.685 bits per heavy atom. The predicted octanol–water partition coefficient (Wildman–Crippen LogP) is 12.3. The zero-order chi connectivity index (χ0) is 79.8. The molecule has 12 rings (SSSR count). The van der Waals surface area contributed by atoms with Crippen LogP contribution in [0.3, 0.4) is 0 Å². The standard InChI is InChI=1S/C30H31N5O4.C28H29N5O3.C25H26F3N5O3/c1-34(2)28-25(19-27(36)37)29(35-13-15-39-16-14-35)33-26(32-28)17-20-7-11-24(12-8-20)31-30(38)23-10-9-21-5-3-4-6-22(21)18-23;1-32(2)26-23(17-25(34)35)27(33(3)4)31-24(30-26)15-18-9-13-22(14-10-18)29-28(36)21-12-11-19-7-5-6-8-20(19)16-21;1-32(2)22-19(14-21(34)35)23(33(3)4)31-20(30-22)13-15-5-11-18(12-6-15)29-24(36)16-7-9-17(10-8-16)25(26,27)28/h3-12,18H,13-17,19H2,1-2H3,(H,31,38)(H,36,37);5-14,16H,15,17H2,1-4H3,(H,29,36)(H,34,35);5-12H,13-14H2,1-4H3,(H,29,36)(H,34,35). The van der Waals surface area contributed by atoms with Gasteiger partial charge in [0.2, 0.25) is 0 Å². The number of nitrogens with one attached hydrogen (secondary N) is 3. The van der Waals surface area contributed by atoms with E-state index in [1.54, 1.807) is 62.3 Å². The molecule has 574 valence electrons. The van der Waals surface area contributed by atoms with Crippen molar-refractivity contribution in [2.45, 2.75) is 44.7 Å². The fourth-order valence-electron chi connectivity index (χ4n) is 12.3. The molecule has 6 N–H and O–H groups in total. The Morgan fingerprint density at radius 1 is 0.387 bits per heavy atom. The Balaban J connectivity index is 0.000000177. The smallest absolute Gasteiger partial charge is 0.416 e. The van der Waals surface area contributed by atoms with Crippen LogP contribution in [0.15, 0.2) is 182 Å². The van der Waals surface area contributed by atoms with Crippen LogP contribution in [0.2, 0.25) is 0 Å². The molecule has 11 aromatic rings. The van der Waals surface area contributed by atoms with E-state index >= 15 is 0 Å². The molecule has 25 nitrogen and oxygen atoms in total. The van der Waals surface area contributed by atoms with Gasteiger partial charge in [0.1, 0.15) is 52.4 Å². The first-order chi connectivity index (χ1) is 52.9. The van der Waals surface area contributed by atoms with Crippen molar-refractivity contribution in [2.24, 2.45) is 0 Å². The SMILES string of the molecule is CN(C)c1nc(Cc2ccc(NC(=O)c3ccc(C(F)(F)F)cc3)cc2)nc(N(C)C)c1CC(=O)O.CN(C)c1nc(Cc2ccc(NC(=O)c3ccc4ccccc4c3)cc2)nc(N(C)C)c1CC(=O)O.CN(C)c1nc(Cc2ccc(NC(=O)c3ccc4ccccc4c3)cc2)nc(N2CCOCC2)c1CC(=O)O. The zero-order valence-corrected chi connectivity index (χ0v) is 63.1. The lowest BCUT2D eigenvalue weighted by atomic mass is 10.1. The highest BCUT2D eigenvalue weighted by Gasteiger charge is 2.31. The summed E-state index contributed by atoms with van der Waals surface area (Å²) in [6.07, 6.45) is -3.71. The van der Waals surface area contributed by atoms with Crippen molar-refractivity contribution in [1.29, 1.82) is 0 Å². The highest BCUT2D eigenvalue weighted by Crippen LogP contribution is 2.33. The van der Waals surface area contributed by atoms with Gasteiger partial charge in [-0.3, -0.25) is 28.8 Å². The third kappa shape index (κ3) is 21.6. The van der Waals surface area contributed by atoms with Crippen molar-refractivity contribution in [3.8, 4) is 0 Å². The molecule has 3 aromatic heterocycles. The number of alkyl halides is 3. The van der Waals surface area contributed by atoms with Crippen molar-refractivity contribution in [3.63, 3.8) is 0 Å². The summed E-state index contributed by atoms with van der Waals surface area (Å²) in [4.78, 5) is 112. The number of anilines is 9. The van der Waals surface area contributed by atoms with Gasteiger partial charge in [0.05, 0.1) is 38.0 Å². The Kier molecular flexibility index (Phi) is 26.2. The molecule has 8 aromatic carbocycles. The van der Waals surface area contributed by atoms with Crippen LogP contribution in [0, 0.1) is 0 Å². The van der Waals surface area contributed by atoms with Crippen LogP contribution in [-0.4, -0.2) is 178 Å². The van der Waals surface area contributed by atoms with Gasteiger partial charge in [0, 0.05) is 153 Å². The molecule has 3 amide bonds. The molecule has 1 saturated heterocycles. The van der Waals surface area contributed by atoms with Gasteiger partial charge >= 0.3 is 24.1 Å². The number of rotatable bonds is 24. The summed E-state index contributed by atoms with van der Waals surface area (Å²) in [5.74, 6) is 1.44. The lowest BCUT2D eigenvalue weighted by molar-refractivity contribution is -0.138. The first-order valence-electron chi connectivity index (χ1n) is 35.3. The number of amides is 3. The normalized spacial score (nSPS) is 11.8. The summed E-state index contributed by atoms with van der Waals surface area (Å²) < 4.78 is 43.6. The number of aliphatic carboxylic acids is 3. The number of carbonyl (C=O) groups excluding carboxylic acids is 3. The molecule has 1 aliphatic heterocycles. The number of carboxylic acid groups (broad SMARTS) is 3. The van der Waals surface area contributed by atoms with Gasteiger partial charge in [0.25, 0.3) is 17.7 Å². The summed E-state index contributed by atoms with van der Waals surface area (Å²) in [6.45, 7) is 2.41. The first kappa shape index (κ1) is 80.4. The van der Waals surface area contributed by atoms with Gasteiger partial charge in [-0.05, 0) is 123 Å². The Bertz CT molecular complexity index is 5120. The van der Waals surface area contributed by atoms with E-state index in [0.29, 0.717) is 143 Å². The lowest BCUT2D eigenvalue weighted by Crippen LogP contribution is -2.38. The van der Waals surface area contributed by atoms with E-state index in [1.165, 1.54) is 0 Å². The zero-order valence-electron chi connectivity index (χ0n) is 63.1. The molecule has 0 aliphatic carbocycles. The van der Waals surface area contributed by atoms with Crippen molar-refractivity contribution in [2.75, 3.05) is 142 Å². The van der Waals surface area contributed by atoms with E-state index in [0.717, 1.165) is 62.5 Å². The molecule has 4 heterocycles.